The number of aliphatic hydroxyl groups is 1. The summed E-state index contributed by atoms with van der Waals surface area (Å²) in [6.45, 7) is -0.370. The van der Waals surface area contributed by atoms with Gasteiger partial charge in [-0.15, -0.1) is 0 Å². The molecule has 0 aromatic carbocycles. The Kier molecular flexibility index (Phi) is 4.41. The van der Waals surface area contributed by atoms with E-state index >= 15 is 0 Å². The van der Waals surface area contributed by atoms with E-state index in [0.717, 1.165) is 0 Å². The summed E-state index contributed by atoms with van der Waals surface area (Å²) in [7, 11) is 0. The highest BCUT2D eigenvalue weighted by Crippen LogP contribution is 2.12. The second kappa shape index (κ2) is 5.80. The van der Waals surface area contributed by atoms with Gasteiger partial charge in [0.2, 0.25) is 0 Å². The molecule has 7 heteroatoms. The first-order chi connectivity index (χ1) is 8.06. The highest BCUT2D eigenvalue weighted by Gasteiger charge is 2.22. The highest BCUT2D eigenvalue weighted by molar-refractivity contribution is 5.96. The Morgan fingerprint density at radius 2 is 2.18 bits per heavy atom. The fraction of sp³-hybridized carbons (Fsp3) is 0.300. The lowest BCUT2D eigenvalue weighted by Crippen LogP contribution is -2.41. The number of carboxylic acids is 1. The van der Waals surface area contributed by atoms with Crippen LogP contribution < -0.4 is 5.32 Å². The van der Waals surface area contributed by atoms with Gasteiger partial charge in [-0.05, 0) is 12.1 Å². The number of aromatic hydroxyl groups is 1. The molecule has 1 aromatic heterocycles. The topological polar surface area (TPSA) is 120 Å². The van der Waals surface area contributed by atoms with Gasteiger partial charge in [0, 0.05) is 19.2 Å². The van der Waals surface area contributed by atoms with Crippen LogP contribution in [0.25, 0.3) is 0 Å². The van der Waals surface area contributed by atoms with E-state index in [-0.39, 0.29) is 24.5 Å². The molecule has 1 heterocycles. The Morgan fingerprint density at radius 3 is 2.71 bits per heavy atom. The van der Waals surface area contributed by atoms with Crippen LogP contribution in [0.3, 0.4) is 0 Å². The fourth-order valence-corrected chi connectivity index (χ4v) is 1.18. The fourth-order valence-electron chi connectivity index (χ4n) is 1.18. The maximum atomic E-state index is 11.6. The van der Waals surface area contributed by atoms with Crippen molar-refractivity contribution in [1.29, 1.82) is 0 Å². The quantitative estimate of drug-likeness (QED) is 0.543. The third-order valence-corrected chi connectivity index (χ3v) is 2.02. The van der Waals surface area contributed by atoms with Crippen molar-refractivity contribution in [3.05, 3.63) is 24.0 Å². The van der Waals surface area contributed by atoms with Gasteiger partial charge in [0.15, 0.2) is 5.69 Å². The molecular formula is C10H12N2O5. The smallest absolute Gasteiger partial charge is 0.326 e. The SMILES string of the molecule is O=C(N[C@H](CCO)C(=O)O)c1ncccc1O. The number of pyridine rings is 1. The van der Waals surface area contributed by atoms with Gasteiger partial charge < -0.3 is 20.6 Å². The summed E-state index contributed by atoms with van der Waals surface area (Å²) in [6.07, 6.45) is 1.19. The number of hydrogen-bond acceptors (Lipinski definition) is 5. The molecule has 1 aromatic rings. The number of nitrogens with zero attached hydrogens (tertiary/aromatic N) is 1. The van der Waals surface area contributed by atoms with Gasteiger partial charge in [-0.3, -0.25) is 4.79 Å². The van der Waals surface area contributed by atoms with Gasteiger partial charge in [0.05, 0.1) is 0 Å². The van der Waals surface area contributed by atoms with E-state index in [1.807, 2.05) is 0 Å². The number of rotatable bonds is 5. The maximum absolute atomic E-state index is 11.6. The molecule has 0 fully saturated rings. The second-order valence-electron chi connectivity index (χ2n) is 3.25. The molecule has 0 saturated carbocycles. The van der Waals surface area contributed by atoms with Crippen LogP contribution >= 0.6 is 0 Å². The van der Waals surface area contributed by atoms with Crippen LogP contribution in [-0.4, -0.2) is 44.8 Å². The van der Waals surface area contributed by atoms with E-state index in [2.05, 4.69) is 10.3 Å². The molecule has 92 valence electrons. The molecular weight excluding hydrogens is 228 g/mol. The van der Waals surface area contributed by atoms with Crippen LogP contribution in [0.2, 0.25) is 0 Å². The van der Waals surface area contributed by atoms with E-state index in [0.29, 0.717) is 0 Å². The summed E-state index contributed by atoms with van der Waals surface area (Å²) in [5.74, 6) is -2.40. The summed E-state index contributed by atoms with van der Waals surface area (Å²) < 4.78 is 0. The average molecular weight is 240 g/mol. The summed E-state index contributed by atoms with van der Waals surface area (Å²) in [6, 6.07) is 1.49. The predicted molar refractivity (Wildman–Crippen MR) is 56.5 cm³/mol. The van der Waals surface area contributed by atoms with Crippen LogP contribution in [0.1, 0.15) is 16.9 Å². The molecule has 0 aliphatic rings. The minimum Gasteiger partial charge on any atom is -0.505 e. The number of carboxylic acid groups (broad SMARTS) is 1. The number of aliphatic hydroxyl groups excluding tert-OH is 1. The van der Waals surface area contributed by atoms with E-state index in [4.69, 9.17) is 10.2 Å². The number of aromatic nitrogens is 1. The Morgan fingerprint density at radius 1 is 1.47 bits per heavy atom. The highest BCUT2D eigenvalue weighted by atomic mass is 16.4. The van der Waals surface area contributed by atoms with Gasteiger partial charge in [0.25, 0.3) is 5.91 Å². The van der Waals surface area contributed by atoms with Gasteiger partial charge in [-0.2, -0.15) is 0 Å². The minimum absolute atomic E-state index is 0.116. The van der Waals surface area contributed by atoms with E-state index in [1.54, 1.807) is 0 Å². The monoisotopic (exact) mass is 240 g/mol. The van der Waals surface area contributed by atoms with Gasteiger partial charge in [-0.1, -0.05) is 0 Å². The molecule has 1 rings (SSSR count). The third kappa shape index (κ3) is 3.42. The molecule has 0 unspecified atom stereocenters. The molecule has 7 nitrogen and oxygen atoms in total. The van der Waals surface area contributed by atoms with E-state index in [9.17, 15) is 14.7 Å². The van der Waals surface area contributed by atoms with Crippen LogP contribution in [0.4, 0.5) is 0 Å². The van der Waals surface area contributed by atoms with Crippen molar-refractivity contribution in [2.45, 2.75) is 12.5 Å². The third-order valence-electron chi connectivity index (χ3n) is 2.02. The maximum Gasteiger partial charge on any atom is 0.326 e. The lowest BCUT2D eigenvalue weighted by atomic mass is 10.2. The molecule has 0 saturated heterocycles. The Hall–Kier alpha value is -2.15. The Bertz CT molecular complexity index is 421. The lowest BCUT2D eigenvalue weighted by Gasteiger charge is -2.12. The molecule has 0 spiro atoms. The first-order valence-electron chi connectivity index (χ1n) is 4.84. The van der Waals surface area contributed by atoms with E-state index < -0.39 is 17.9 Å². The number of carbonyl (C=O) groups excluding carboxylic acids is 1. The van der Waals surface area contributed by atoms with Gasteiger partial charge >= 0.3 is 5.97 Å². The molecule has 0 aliphatic heterocycles. The Balaban J connectivity index is 2.77. The van der Waals surface area contributed by atoms with E-state index in [1.165, 1.54) is 18.3 Å². The first-order valence-corrected chi connectivity index (χ1v) is 4.84. The number of amides is 1. The van der Waals surface area contributed by atoms with Crippen molar-refractivity contribution >= 4 is 11.9 Å². The average Bonchev–Trinajstić information content (AvgIpc) is 2.28. The first kappa shape index (κ1) is 12.9. The molecule has 4 N–H and O–H groups in total. The summed E-state index contributed by atoms with van der Waals surface area (Å²) in [4.78, 5) is 25.9. The largest absolute Gasteiger partial charge is 0.505 e. The second-order valence-corrected chi connectivity index (χ2v) is 3.25. The molecule has 1 atom stereocenters. The number of carbonyl (C=O) groups is 2. The zero-order valence-corrected chi connectivity index (χ0v) is 8.83. The van der Waals surface area contributed by atoms with Gasteiger partial charge in [0.1, 0.15) is 11.8 Å². The number of nitrogens with one attached hydrogen (secondary N) is 1. The molecule has 17 heavy (non-hydrogen) atoms. The van der Waals surface area contributed by atoms with Crippen LogP contribution in [0.5, 0.6) is 5.75 Å². The zero-order chi connectivity index (χ0) is 12.8. The van der Waals surface area contributed by atoms with Crippen molar-refractivity contribution in [3.63, 3.8) is 0 Å². The predicted octanol–water partition coefficient (Wildman–Crippen LogP) is -0.647. The lowest BCUT2D eigenvalue weighted by molar-refractivity contribution is -0.139. The normalized spacial score (nSPS) is 11.8. The van der Waals surface area contributed by atoms with Crippen LogP contribution in [0, 0.1) is 0 Å². The minimum atomic E-state index is -1.26. The molecule has 0 aliphatic carbocycles. The summed E-state index contributed by atoms with van der Waals surface area (Å²) in [5, 5.41) is 28.9. The van der Waals surface area contributed by atoms with Crippen molar-refractivity contribution < 1.29 is 24.9 Å². The van der Waals surface area contributed by atoms with Crippen molar-refractivity contribution in [2.75, 3.05) is 6.61 Å². The van der Waals surface area contributed by atoms with Crippen molar-refractivity contribution in [1.82, 2.24) is 10.3 Å². The van der Waals surface area contributed by atoms with Crippen LogP contribution in [0.15, 0.2) is 18.3 Å². The summed E-state index contributed by atoms with van der Waals surface area (Å²) >= 11 is 0. The number of aliphatic carboxylic acids is 1. The number of hydrogen-bond donors (Lipinski definition) is 4. The van der Waals surface area contributed by atoms with Crippen molar-refractivity contribution in [2.24, 2.45) is 0 Å². The zero-order valence-electron chi connectivity index (χ0n) is 8.83. The van der Waals surface area contributed by atoms with Crippen LogP contribution in [-0.2, 0) is 4.79 Å². The standard InChI is InChI=1S/C10H12N2O5/c13-5-3-6(10(16)17)12-9(15)8-7(14)2-1-4-11-8/h1-2,4,6,13-14H,3,5H2,(H,12,15)(H,16,17)/t6-/m1/s1. The summed E-state index contributed by atoms with van der Waals surface area (Å²) in [5.41, 5.74) is -0.253. The molecule has 1 amide bonds. The Labute approximate surface area is 96.7 Å². The van der Waals surface area contributed by atoms with Crippen molar-refractivity contribution in [3.8, 4) is 5.75 Å². The molecule has 0 radical (unpaired) electrons. The molecule has 0 bridgehead atoms. The van der Waals surface area contributed by atoms with Gasteiger partial charge in [-0.25, -0.2) is 9.78 Å².